The number of hydrogen-bond acceptors (Lipinski definition) is 3. The van der Waals surface area contributed by atoms with E-state index in [1.165, 1.54) is 22.2 Å². The number of nitrogens with zero attached hydrogens (tertiary/aromatic N) is 2. The van der Waals surface area contributed by atoms with Crippen LogP contribution in [0, 0.1) is 13.8 Å². The molecule has 3 aromatic carbocycles. The third kappa shape index (κ3) is 4.85. The zero-order chi connectivity index (χ0) is 23.5. The standard InChI is InChI=1S/C29H31N3O2/c1-21-22(2)30-28-13-12-26(20-27(21)28)34-25-10-8-24(9-11-25)29(33)32-18-16-31(17-19-32)15-14-23-6-4-3-5-7-23/h3-13,20,30H,14-19H2,1-2H3. The maximum Gasteiger partial charge on any atom is 0.253 e. The highest BCUT2D eigenvalue weighted by atomic mass is 16.5. The Bertz CT molecular complexity index is 1270. The first-order valence-electron chi connectivity index (χ1n) is 12.0. The van der Waals surface area contributed by atoms with Crippen molar-refractivity contribution in [3.8, 4) is 11.5 Å². The van der Waals surface area contributed by atoms with Gasteiger partial charge in [0.05, 0.1) is 0 Å². The van der Waals surface area contributed by atoms with Crippen molar-refractivity contribution in [2.75, 3.05) is 32.7 Å². The third-order valence-corrected chi connectivity index (χ3v) is 6.84. The second-order valence-electron chi connectivity index (χ2n) is 9.08. The molecule has 0 aliphatic carbocycles. The minimum atomic E-state index is 0.0918. The van der Waals surface area contributed by atoms with E-state index in [1.807, 2.05) is 41.3 Å². The van der Waals surface area contributed by atoms with Crippen LogP contribution in [0.15, 0.2) is 72.8 Å². The Labute approximate surface area is 201 Å². The fourth-order valence-corrected chi connectivity index (χ4v) is 4.59. The Morgan fingerprint density at radius 1 is 0.882 bits per heavy atom. The number of aromatic amines is 1. The van der Waals surface area contributed by atoms with E-state index >= 15 is 0 Å². The van der Waals surface area contributed by atoms with Gasteiger partial charge in [-0.3, -0.25) is 9.69 Å². The van der Waals surface area contributed by atoms with Crippen molar-refractivity contribution in [1.82, 2.24) is 14.8 Å². The van der Waals surface area contributed by atoms with Gasteiger partial charge in [0.2, 0.25) is 0 Å². The van der Waals surface area contributed by atoms with E-state index in [9.17, 15) is 4.79 Å². The Morgan fingerprint density at radius 2 is 1.59 bits per heavy atom. The molecule has 0 unspecified atom stereocenters. The smallest absolute Gasteiger partial charge is 0.253 e. The molecule has 1 saturated heterocycles. The van der Waals surface area contributed by atoms with E-state index in [2.05, 4.69) is 60.1 Å². The van der Waals surface area contributed by atoms with Crippen molar-refractivity contribution in [2.45, 2.75) is 20.3 Å². The molecule has 1 aliphatic rings. The van der Waals surface area contributed by atoms with Gasteiger partial charge in [-0.25, -0.2) is 0 Å². The number of rotatable bonds is 6. The number of piperazine rings is 1. The molecule has 5 rings (SSSR count). The monoisotopic (exact) mass is 453 g/mol. The van der Waals surface area contributed by atoms with Crippen molar-refractivity contribution in [2.24, 2.45) is 0 Å². The van der Waals surface area contributed by atoms with Crippen LogP contribution in [0.1, 0.15) is 27.2 Å². The average molecular weight is 454 g/mol. The molecule has 1 amide bonds. The van der Waals surface area contributed by atoms with Crippen molar-refractivity contribution in [3.63, 3.8) is 0 Å². The van der Waals surface area contributed by atoms with Crippen LogP contribution in [0.5, 0.6) is 11.5 Å². The summed E-state index contributed by atoms with van der Waals surface area (Å²) in [4.78, 5) is 20.8. The first-order chi connectivity index (χ1) is 16.6. The van der Waals surface area contributed by atoms with Gasteiger partial charge in [-0.2, -0.15) is 0 Å². The number of carbonyl (C=O) groups excluding carboxylic acids is 1. The molecular formula is C29H31N3O2. The fourth-order valence-electron chi connectivity index (χ4n) is 4.59. The van der Waals surface area contributed by atoms with Gasteiger partial charge in [0, 0.05) is 54.9 Å². The number of nitrogens with one attached hydrogen (secondary N) is 1. The van der Waals surface area contributed by atoms with Crippen molar-refractivity contribution >= 4 is 16.8 Å². The van der Waals surface area contributed by atoms with E-state index in [0.717, 1.165) is 56.2 Å². The number of carbonyl (C=O) groups is 1. The lowest BCUT2D eigenvalue weighted by Crippen LogP contribution is -2.49. The molecule has 1 N–H and O–H groups in total. The van der Waals surface area contributed by atoms with Crippen LogP contribution in [-0.4, -0.2) is 53.4 Å². The van der Waals surface area contributed by atoms with Crippen LogP contribution >= 0.6 is 0 Å². The Balaban J connectivity index is 1.15. The minimum Gasteiger partial charge on any atom is -0.457 e. The molecular weight excluding hydrogens is 422 g/mol. The van der Waals surface area contributed by atoms with E-state index in [0.29, 0.717) is 5.56 Å². The summed E-state index contributed by atoms with van der Waals surface area (Å²) in [6.45, 7) is 8.59. The van der Waals surface area contributed by atoms with Crippen molar-refractivity contribution in [1.29, 1.82) is 0 Å². The molecule has 0 radical (unpaired) electrons. The Morgan fingerprint density at radius 3 is 2.32 bits per heavy atom. The van der Waals surface area contributed by atoms with Crippen LogP contribution in [0.3, 0.4) is 0 Å². The van der Waals surface area contributed by atoms with Gasteiger partial charge in [0.25, 0.3) is 5.91 Å². The molecule has 0 atom stereocenters. The number of aromatic nitrogens is 1. The lowest BCUT2D eigenvalue weighted by molar-refractivity contribution is 0.0638. The number of fused-ring (bicyclic) bond motifs is 1. The largest absolute Gasteiger partial charge is 0.457 e. The van der Waals surface area contributed by atoms with Gasteiger partial charge < -0.3 is 14.6 Å². The number of aryl methyl sites for hydroxylation is 2. The summed E-state index contributed by atoms with van der Waals surface area (Å²) in [5.74, 6) is 1.61. The van der Waals surface area contributed by atoms with Gasteiger partial charge in [-0.1, -0.05) is 30.3 Å². The molecule has 4 aromatic rings. The summed E-state index contributed by atoms with van der Waals surface area (Å²) in [7, 11) is 0. The molecule has 174 valence electrons. The summed E-state index contributed by atoms with van der Waals surface area (Å²) < 4.78 is 6.06. The zero-order valence-corrected chi connectivity index (χ0v) is 19.9. The number of hydrogen-bond donors (Lipinski definition) is 1. The van der Waals surface area contributed by atoms with Crippen LogP contribution in [-0.2, 0) is 6.42 Å². The van der Waals surface area contributed by atoms with Gasteiger partial charge >= 0.3 is 0 Å². The quantitative estimate of drug-likeness (QED) is 0.415. The molecule has 5 heteroatoms. The predicted molar refractivity (Wildman–Crippen MR) is 137 cm³/mol. The first-order valence-corrected chi connectivity index (χ1v) is 12.0. The number of H-pyrrole nitrogens is 1. The molecule has 0 saturated carbocycles. The van der Waals surface area contributed by atoms with Crippen molar-refractivity contribution in [3.05, 3.63) is 95.2 Å². The zero-order valence-electron chi connectivity index (χ0n) is 19.9. The second-order valence-corrected chi connectivity index (χ2v) is 9.08. The molecule has 34 heavy (non-hydrogen) atoms. The molecule has 0 spiro atoms. The topological polar surface area (TPSA) is 48.6 Å². The normalized spacial score (nSPS) is 14.5. The van der Waals surface area contributed by atoms with E-state index in [-0.39, 0.29) is 5.91 Å². The summed E-state index contributed by atoms with van der Waals surface area (Å²) in [5.41, 5.74) is 5.59. The van der Waals surface area contributed by atoms with Gasteiger partial charge in [0.1, 0.15) is 11.5 Å². The molecule has 1 fully saturated rings. The SMILES string of the molecule is Cc1[nH]c2ccc(Oc3ccc(C(=O)N4CCN(CCc5ccccc5)CC4)cc3)cc2c1C. The van der Waals surface area contributed by atoms with E-state index < -0.39 is 0 Å². The average Bonchev–Trinajstić information content (AvgIpc) is 3.16. The summed E-state index contributed by atoms with van der Waals surface area (Å²) in [5, 5.41) is 1.17. The molecule has 5 nitrogen and oxygen atoms in total. The highest BCUT2D eigenvalue weighted by Gasteiger charge is 2.22. The molecule has 2 heterocycles. The predicted octanol–water partition coefficient (Wildman–Crippen LogP) is 5.58. The van der Waals surface area contributed by atoms with Crippen molar-refractivity contribution < 1.29 is 9.53 Å². The second kappa shape index (κ2) is 9.74. The van der Waals surface area contributed by atoms with Gasteiger partial charge in [-0.15, -0.1) is 0 Å². The highest BCUT2D eigenvalue weighted by molar-refractivity contribution is 5.94. The number of ether oxygens (including phenoxy) is 1. The number of amides is 1. The van der Waals surface area contributed by atoms with Gasteiger partial charge in [0.15, 0.2) is 0 Å². The maximum absolute atomic E-state index is 13.0. The third-order valence-electron chi connectivity index (χ3n) is 6.84. The minimum absolute atomic E-state index is 0.0918. The summed E-state index contributed by atoms with van der Waals surface area (Å²) >= 11 is 0. The molecule has 0 bridgehead atoms. The molecule has 1 aromatic heterocycles. The van der Waals surface area contributed by atoms with Gasteiger partial charge in [-0.05, 0) is 73.9 Å². The van der Waals surface area contributed by atoms with Crippen LogP contribution in [0.4, 0.5) is 0 Å². The van der Waals surface area contributed by atoms with Crippen LogP contribution < -0.4 is 4.74 Å². The first kappa shape index (κ1) is 22.2. The van der Waals surface area contributed by atoms with E-state index in [1.54, 1.807) is 0 Å². The maximum atomic E-state index is 13.0. The summed E-state index contributed by atoms with van der Waals surface area (Å²) in [6, 6.07) is 24.1. The lowest BCUT2D eigenvalue weighted by Gasteiger charge is -2.34. The summed E-state index contributed by atoms with van der Waals surface area (Å²) in [6.07, 6.45) is 1.05. The van der Waals surface area contributed by atoms with E-state index in [4.69, 9.17) is 4.74 Å². The van der Waals surface area contributed by atoms with Crippen LogP contribution in [0.2, 0.25) is 0 Å². The Kier molecular flexibility index (Phi) is 6.37. The lowest BCUT2D eigenvalue weighted by atomic mass is 10.1. The van der Waals surface area contributed by atoms with Crippen LogP contribution in [0.25, 0.3) is 10.9 Å². The highest BCUT2D eigenvalue weighted by Crippen LogP contribution is 2.29. The molecule has 1 aliphatic heterocycles. The Hall–Kier alpha value is -3.57. The fraction of sp³-hybridized carbons (Fsp3) is 0.276. The number of benzene rings is 3.